The number of amides is 2. The van der Waals surface area contributed by atoms with Crippen LogP contribution in [0.25, 0.3) is 0 Å². The van der Waals surface area contributed by atoms with Gasteiger partial charge in [0.1, 0.15) is 0 Å². The van der Waals surface area contributed by atoms with Crippen molar-refractivity contribution in [2.75, 3.05) is 26.2 Å². The Kier molecular flexibility index (Phi) is 4.19. The molecule has 24 heavy (non-hydrogen) atoms. The molecule has 134 valence electrons. The van der Waals surface area contributed by atoms with Crippen LogP contribution >= 0.6 is 0 Å². The van der Waals surface area contributed by atoms with Crippen LogP contribution in [0.5, 0.6) is 0 Å². The molecule has 6 heteroatoms. The zero-order chi connectivity index (χ0) is 16.7. The van der Waals surface area contributed by atoms with Crippen LogP contribution in [0, 0.1) is 5.41 Å². The summed E-state index contributed by atoms with van der Waals surface area (Å²) in [6.45, 7) is 5.39. The Morgan fingerprint density at radius 1 is 1.21 bits per heavy atom. The Morgan fingerprint density at radius 3 is 2.42 bits per heavy atom. The molecule has 0 aromatic heterocycles. The fourth-order valence-corrected chi connectivity index (χ4v) is 5.41. The van der Waals surface area contributed by atoms with Gasteiger partial charge in [-0.05, 0) is 64.0 Å². The quantitative estimate of drug-likeness (QED) is 0.835. The van der Waals surface area contributed by atoms with E-state index in [0.29, 0.717) is 31.2 Å². The molecule has 4 fully saturated rings. The Morgan fingerprint density at radius 2 is 1.88 bits per heavy atom. The molecule has 4 rings (SSSR count). The number of nitrogens with one attached hydrogen (secondary N) is 1. The molecule has 4 heterocycles. The molecule has 2 amide bonds. The van der Waals surface area contributed by atoms with Gasteiger partial charge in [0.05, 0.1) is 6.61 Å². The highest BCUT2D eigenvalue weighted by Crippen LogP contribution is 2.42. The molecule has 2 bridgehead atoms. The number of carbonyl (C=O) groups excluding carboxylic acids is 2. The molecule has 4 saturated heterocycles. The molecule has 0 aromatic rings. The first-order chi connectivity index (χ1) is 11.6. The third kappa shape index (κ3) is 2.79. The second kappa shape index (κ2) is 6.21. The van der Waals surface area contributed by atoms with Crippen molar-refractivity contribution in [1.29, 1.82) is 0 Å². The second-order valence-electron chi connectivity index (χ2n) is 8.11. The standard InChI is InChI=1S/C18H29N3O3/c1-2-24-17(23)21-13-3-4-14(21)10-15(9-13)20-7-5-18(6-8-20)11-16(22)19-12-18/h13-15H,2-12H2,1H3,(H,19,22). The number of ether oxygens (including phenoxy) is 1. The van der Waals surface area contributed by atoms with Crippen molar-refractivity contribution < 1.29 is 14.3 Å². The SMILES string of the molecule is CCOC(=O)N1C2CCC1CC(N1CCC3(CC1)CNC(=O)C3)C2. The van der Waals surface area contributed by atoms with E-state index in [-0.39, 0.29) is 17.4 Å². The van der Waals surface area contributed by atoms with Crippen molar-refractivity contribution in [2.24, 2.45) is 5.41 Å². The van der Waals surface area contributed by atoms with Crippen molar-refractivity contribution in [2.45, 2.75) is 70.0 Å². The van der Waals surface area contributed by atoms with Gasteiger partial charge < -0.3 is 19.9 Å². The minimum Gasteiger partial charge on any atom is -0.450 e. The predicted octanol–water partition coefficient (Wildman–Crippen LogP) is 1.74. The zero-order valence-electron chi connectivity index (χ0n) is 14.6. The number of hydrogen-bond acceptors (Lipinski definition) is 4. The second-order valence-corrected chi connectivity index (χ2v) is 8.11. The van der Waals surface area contributed by atoms with Gasteiger partial charge in [-0.3, -0.25) is 4.79 Å². The van der Waals surface area contributed by atoms with E-state index in [1.54, 1.807) is 0 Å². The number of carbonyl (C=O) groups is 2. The minimum atomic E-state index is -0.114. The van der Waals surface area contributed by atoms with Crippen LogP contribution in [-0.4, -0.2) is 66.2 Å². The molecule has 2 unspecified atom stereocenters. The Bertz CT molecular complexity index is 502. The number of piperidine rings is 2. The highest BCUT2D eigenvalue weighted by molar-refractivity contribution is 5.79. The van der Waals surface area contributed by atoms with E-state index in [0.717, 1.165) is 58.2 Å². The lowest BCUT2D eigenvalue weighted by Crippen LogP contribution is -2.54. The van der Waals surface area contributed by atoms with E-state index in [1.165, 1.54) is 0 Å². The summed E-state index contributed by atoms with van der Waals surface area (Å²) in [4.78, 5) is 28.4. The number of likely N-dealkylation sites (tertiary alicyclic amines) is 1. The third-order valence-electron chi connectivity index (χ3n) is 6.76. The van der Waals surface area contributed by atoms with Gasteiger partial charge in [0, 0.05) is 31.1 Å². The normalized spacial score (nSPS) is 35.3. The van der Waals surface area contributed by atoms with Gasteiger partial charge in [-0.15, -0.1) is 0 Å². The average molecular weight is 335 g/mol. The van der Waals surface area contributed by atoms with Gasteiger partial charge in [0.15, 0.2) is 0 Å². The monoisotopic (exact) mass is 335 g/mol. The molecule has 0 saturated carbocycles. The fourth-order valence-electron chi connectivity index (χ4n) is 5.41. The molecule has 1 N–H and O–H groups in total. The summed E-state index contributed by atoms with van der Waals surface area (Å²) in [6.07, 6.45) is 7.26. The Hall–Kier alpha value is -1.30. The number of hydrogen-bond donors (Lipinski definition) is 1. The van der Waals surface area contributed by atoms with Crippen LogP contribution in [0.4, 0.5) is 4.79 Å². The summed E-state index contributed by atoms with van der Waals surface area (Å²) in [5.74, 6) is 0.226. The highest BCUT2D eigenvalue weighted by Gasteiger charge is 2.47. The number of nitrogens with zero attached hydrogens (tertiary/aromatic N) is 2. The van der Waals surface area contributed by atoms with Crippen LogP contribution in [0.3, 0.4) is 0 Å². The van der Waals surface area contributed by atoms with Crippen molar-refractivity contribution >= 4 is 12.0 Å². The third-order valence-corrected chi connectivity index (χ3v) is 6.76. The van der Waals surface area contributed by atoms with Gasteiger partial charge in [-0.25, -0.2) is 4.79 Å². The summed E-state index contributed by atoms with van der Waals surface area (Å²) in [5, 5.41) is 3.01. The first-order valence-electron chi connectivity index (χ1n) is 9.56. The molecular formula is C18H29N3O3. The van der Waals surface area contributed by atoms with E-state index < -0.39 is 0 Å². The topological polar surface area (TPSA) is 61.9 Å². The lowest BCUT2D eigenvalue weighted by Gasteiger charge is -2.46. The highest BCUT2D eigenvalue weighted by atomic mass is 16.6. The molecule has 0 radical (unpaired) electrons. The van der Waals surface area contributed by atoms with E-state index in [4.69, 9.17) is 4.74 Å². The maximum atomic E-state index is 12.2. The molecule has 1 spiro atoms. The Balaban J connectivity index is 1.35. The Labute approximate surface area is 143 Å². The van der Waals surface area contributed by atoms with E-state index >= 15 is 0 Å². The first-order valence-corrected chi connectivity index (χ1v) is 9.56. The summed E-state index contributed by atoms with van der Waals surface area (Å²) >= 11 is 0. The number of rotatable bonds is 2. The van der Waals surface area contributed by atoms with Crippen LogP contribution in [0.1, 0.15) is 51.9 Å². The maximum absolute atomic E-state index is 12.2. The molecule has 4 aliphatic rings. The van der Waals surface area contributed by atoms with Crippen LogP contribution < -0.4 is 5.32 Å². The van der Waals surface area contributed by atoms with Gasteiger partial charge in [-0.1, -0.05) is 0 Å². The van der Waals surface area contributed by atoms with E-state index in [2.05, 4.69) is 10.2 Å². The molecular weight excluding hydrogens is 306 g/mol. The minimum absolute atomic E-state index is 0.114. The van der Waals surface area contributed by atoms with Crippen molar-refractivity contribution in [3.63, 3.8) is 0 Å². The smallest absolute Gasteiger partial charge is 0.410 e. The summed E-state index contributed by atoms with van der Waals surface area (Å²) in [5.41, 5.74) is 0.220. The fraction of sp³-hybridized carbons (Fsp3) is 0.889. The lowest BCUT2D eigenvalue weighted by molar-refractivity contribution is -0.119. The summed E-state index contributed by atoms with van der Waals surface area (Å²) in [7, 11) is 0. The van der Waals surface area contributed by atoms with Gasteiger partial charge in [-0.2, -0.15) is 0 Å². The van der Waals surface area contributed by atoms with Crippen molar-refractivity contribution in [1.82, 2.24) is 15.1 Å². The van der Waals surface area contributed by atoms with Gasteiger partial charge in [0.2, 0.25) is 5.91 Å². The average Bonchev–Trinajstić information content (AvgIpc) is 3.05. The van der Waals surface area contributed by atoms with Crippen LogP contribution in [0.2, 0.25) is 0 Å². The molecule has 4 aliphatic heterocycles. The molecule has 0 aromatic carbocycles. The summed E-state index contributed by atoms with van der Waals surface area (Å²) < 4.78 is 5.25. The van der Waals surface area contributed by atoms with E-state index in [9.17, 15) is 9.59 Å². The lowest BCUT2D eigenvalue weighted by atomic mass is 9.77. The summed E-state index contributed by atoms with van der Waals surface area (Å²) in [6, 6.07) is 1.31. The first kappa shape index (κ1) is 16.2. The molecule has 6 nitrogen and oxygen atoms in total. The van der Waals surface area contributed by atoms with Crippen molar-refractivity contribution in [3.8, 4) is 0 Å². The van der Waals surface area contributed by atoms with Crippen LogP contribution in [-0.2, 0) is 9.53 Å². The zero-order valence-corrected chi connectivity index (χ0v) is 14.6. The maximum Gasteiger partial charge on any atom is 0.410 e. The predicted molar refractivity (Wildman–Crippen MR) is 89.6 cm³/mol. The van der Waals surface area contributed by atoms with E-state index in [1.807, 2.05) is 11.8 Å². The largest absolute Gasteiger partial charge is 0.450 e. The van der Waals surface area contributed by atoms with Crippen molar-refractivity contribution in [3.05, 3.63) is 0 Å². The van der Waals surface area contributed by atoms with Crippen LogP contribution in [0.15, 0.2) is 0 Å². The van der Waals surface area contributed by atoms with Gasteiger partial charge >= 0.3 is 6.09 Å². The molecule has 2 atom stereocenters. The van der Waals surface area contributed by atoms with Gasteiger partial charge in [0.25, 0.3) is 0 Å². The molecule has 0 aliphatic carbocycles. The number of fused-ring (bicyclic) bond motifs is 2.